The van der Waals surface area contributed by atoms with E-state index in [4.69, 9.17) is 0 Å². The molecule has 1 saturated heterocycles. The highest BCUT2D eigenvalue weighted by molar-refractivity contribution is 7.89. The van der Waals surface area contributed by atoms with Gasteiger partial charge in [0.05, 0.1) is 5.75 Å². The van der Waals surface area contributed by atoms with Gasteiger partial charge in [0.1, 0.15) is 0 Å². The lowest BCUT2D eigenvalue weighted by Crippen LogP contribution is -2.44. The molecule has 1 aliphatic carbocycles. The number of piperidine rings is 1. The number of carbonyl (C=O) groups excluding carboxylic acids is 1. The van der Waals surface area contributed by atoms with Crippen LogP contribution in [0.3, 0.4) is 0 Å². The molecule has 1 aliphatic heterocycles. The van der Waals surface area contributed by atoms with Crippen LogP contribution < -0.4 is 5.32 Å². The normalized spacial score (nSPS) is 20.0. The number of amides is 1. The van der Waals surface area contributed by atoms with E-state index >= 15 is 0 Å². The van der Waals surface area contributed by atoms with Crippen LogP contribution in [0.2, 0.25) is 0 Å². The highest BCUT2D eigenvalue weighted by Crippen LogP contribution is 2.24. The third kappa shape index (κ3) is 4.80. The molecular formula is C18H26N2O3S. The molecule has 1 aromatic rings. The number of nitrogens with zero attached hydrogens (tertiary/aromatic N) is 1. The molecule has 1 amide bonds. The van der Waals surface area contributed by atoms with Crippen molar-refractivity contribution < 1.29 is 13.2 Å². The molecule has 0 aromatic heterocycles. The number of sulfonamides is 1. The minimum Gasteiger partial charge on any atom is -0.353 e. The lowest BCUT2D eigenvalue weighted by Gasteiger charge is -2.30. The second kappa shape index (κ2) is 7.66. The number of aryl methyl sites for hydroxylation is 1. The Bertz CT molecular complexity index is 648. The van der Waals surface area contributed by atoms with Crippen LogP contribution in [0.15, 0.2) is 30.3 Å². The van der Waals surface area contributed by atoms with Crippen LogP contribution in [0.25, 0.3) is 0 Å². The summed E-state index contributed by atoms with van der Waals surface area (Å²) in [4.78, 5) is 12.1. The van der Waals surface area contributed by atoms with E-state index in [1.165, 1.54) is 5.56 Å². The summed E-state index contributed by atoms with van der Waals surface area (Å²) >= 11 is 0. The van der Waals surface area contributed by atoms with E-state index in [1.807, 2.05) is 30.3 Å². The SMILES string of the molecule is O=C(NC1CC1)C1CCN(S(=O)(=O)CCCc2ccccc2)CC1. The quantitative estimate of drug-likeness (QED) is 0.817. The van der Waals surface area contributed by atoms with Crippen LogP contribution in [0.1, 0.15) is 37.7 Å². The summed E-state index contributed by atoms with van der Waals surface area (Å²) in [6.07, 6.45) is 4.85. The van der Waals surface area contributed by atoms with E-state index in [2.05, 4.69) is 5.32 Å². The van der Waals surface area contributed by atoms with Gasteiger partial charge in [0.25, 0.3) is 0 Å². The van der Waals surface area contributed by atoms with E-state index < -0.39 is 10.0 Å². The zero-order chi connectivity index (χ0) is 17.0. The topological polar surface area (TPSA) is 66.5 Å². The van der Waals surface area contributed by atoms with Gasteiger partial charge in [-0.3, -0.25) is 4.79 Å². The van der Waals surface area contributed by atoms with E-state index in [-0.39, 0.29) is 17.6 Å². The van der Waals surface area contributed by atoms with Crippen LogP contribution in [0.5, 0.6) is 0 Å². The van der Waals surface area contributed by atoms with Crippen molar-refractivity contribution in [1.82, 2.24) is 9.62 Å². The summed E-state index contributed by atoms with van der Waals surface area (Å²) < 4.78 is 26.5. The second-order valence-corrected chi connectivity index (χ2v) is 8.95. The monoisotopic (exact) mass is 350 g/mol. The van der Waals surface area contributed by atoms with Crippen LogP contribution >= 0.6 is 0 Å². The van der Waals surface area contributed by atoms with Crippen LogP contribution in [0.4, 0.5) is 0 Å². The number of rotatable bonds is 7. The molecule has 2 aliphatic rings. The third-order valence-electron chi connectivity index (χ3n) is 4.85. The lowest BCUT2D eigenvalue weighted by atomic mass is 9.97. The van der Waals surface area contributed by atoms with Crippen LogP contribution in [-0.2, 0) is 21.2 Å². The third-order valence-corrected chi connectivity index (χ3v) is 6.81. The molecule has 0 spiro atoms. The first-order valence-corrected chi connectivity index (χ1v) is 10.5. The number of hydrogen-bond acceptors (Lipinski definition) is 3. The predicted molar refractivity (Wildman–Crippen MR) is 94.0 cm³/mol. The molecule has 2 fully saturated rings. The van der Waals surface area contributed by atoms with E-state index in [1.54, 1.807) is 4.31 Å². The Labute approximate surface area is 144 Å². The van der Waals surface area contributed by atoms with E-state index in [0.29, 0.717) is 38.4 Å². The molecule has 132 valence electrons. The largest absolute Gasteiger partial charge is 0.353 e. The summed E-state index contributed by atoms with van der Waals surface area (Å²) in [6.45, 7) is 0.937. The molecule has 0 unspecified atom stereocenters. The number of nitrogens with one attached hydrogen (secondary N) is 1. The summed E-state index contributed by atoms with van der Waals surface area (Å²) in [5, 5.41) is 3.02. The van der Waals surface area contributed by atoms with Crippen molar-refractivity contribution >= 4 is 15.9 Å². The Hall–Kier alpha value is -1.40. The van der Waals surface area contributed by atoms with Crippen molar-refractivity contribution in [2.75, 3.05) is 18.8 Å². The summed E-state index contributed by atoms with van der Waals surface area (Å²) in [5.74, 6) is 0.265. The van der Waals surface area contributed by atoms with Gasteiger partial charge in [0, 0.05) is 25.0 Å². The van der Waals surface area contributed by atoms with Crippen molar-refractivity contribution in [1.29, 1.82) is 0 Å². The van der Waals surface area contributed by atoms with Crippen molar-refractivity contribution in [3.8, 4) is 0 Å². The molecule has 3 rings (SSSR count). The Balaban J connectivity index is 1.43. The average molecular weight is 350 g/mol. The summed E-state index contributed by atoms with van der Waals surface area (Å²) in [7, 11) is -3.21. The van der Waals surface area contributed by atoms with Gasteiger partial charge < -0.3 is 5.32 Å². The predicted octanol–water partition coefficient (Wildman–Crippen LogP) is 1.94. The van der Waals surface area contributed by atoms with Crippen molar-refractivity contribution in [2.45, 2.75) is 44.6 Å². The van der Waals surface area contributed by atoms with Crippen molar-refractivity contribution in [3.63, 3.8) is 0 Å². The molecule has 6 heteroatoms. The van der Waals surface area contributed by atoms with Gasteiger partial charge in [-0.05, 0) is 44.1 Å². The molecule has 1 N–H and O–H groups in total. The van der Waals surface area contributed by atoms with E-state index in [0.717, 1.165) is 19.3 Å². The highest BCUT2D eigenvalue weighted by Gasteiger charge is 2.33. The van der Waals surface area contributed by atoms with Gasteiger partial charge >= 0.3 is 0 Å². The fourth-order valence-corrected chi connectivity index (χ4v) is 4.71. The second-order valence-electron chi connectivity index (χ2n) is 6.86. The summed E-state index contributed by atoms with van der Waals surface area (Å²) in [5.41, 5.74) is 1.17. The minimum absolute atomic E-state index is 0.0265. The maximum atomic E-state index is 12.5. The minimum atomic E-state index is -3.21. The van der Waals surface area contributed by atoms with Gasteiger partial charge in [-0.2, -0.15) is 0 Å². The first-order valence-electron chi connectivity index (χ1n) is 8.87. The highest BCUT2D eigenvalue weighted by atomic mass is 32.2. The number of benzene rings is 1. The fourth-order valence-electron chi connectivity index (χ4n) is 3.18. The van der Waals surface area contributed by atoms with Gasteiger partial charge in [-0.25, -0.2) is 12.7 Å². The smallest absolute Gasteiger partial charge is 0.223 e. The van der Waals surface area contributed by atoms with Gasteiger partial charge in [-0.15, -0.1) is 0 Å². The van der Waals surface area contributed by atoms with Crippen LogP contribution in [-0.4, -0.2) is 43.5 Å². The molecule has 0 atom stereocenters. The molecule has 1 saturated carbocycles. The van der Waals surface area contributed by atoms with Crippen molar-refractivity contribution in [3.05, 3.63) is 35.9 Å². The molecular weight excluding hydrogens is 324 g/mol. The van der Waals surface area contributed by atoms with Crippen molar-refractivity contribution in [2.24, 2.45) is 5.92 Å². The first-order chi connectivity index (χ1) is 11.5. The van der Waals surface area contributed by atoms with Gasteiger partial charge in [0.15, 0.2) is 0 Å². The molecule has 1 heterocycles. The maximum absolute atomic E-state index is 12.5. The van der Waals surface area contributed by atoms with Gasteiger partial charge in [0.2, 0.25) is 15.9 Å². The fraction of sp³-hybridized carbons (Fsp3) is 0.611. The number of carbonyl (C=O) groups is 1. The molecule has 1 aromatic carbocycles. The molecule has 0 bridgehead atoms. The molecule has 0 radical (unpaired) electrons. The lowest BCUT2D eigenvalue weighted by molar-refractivity contribution is -0.126. The van der Waals surface area contributed by atoms with Crippen LogP contribution in [0, 0.1) is 5.92 Å². The van der Waals surface area contributed by atoms with E-state index in [9.17, 15) is 13.2 Å². The Kier molecular flexibility index (Phi) is 5.56. The average Bonchev–Trinajstić information content (AvgIpc) is 3.40. The Morgan fingerprint density at radius 3 is 2.38 bits per heavy atom. The standard InChI is InChI=1S/C18H26N2O3S/c21-18(19-17-8-9-17)16-10-12-20(13-11-16)24(22,23)14-4-7-15-5-2-1-3-6-15/h1-3,5-6,16-17H,4,7-14H2,(H,19,21). The summed E-state index contributed by atoms with van der Waals surface area (Å²) in [6, 6.07) is 10.3. The van der Waals surface area contributed by atoms with Gasteiger partial charge in [-0.1, -0.05) is 30.3 Å². The molecule has 24 heavy (non-hydrogen) atoms. The number of hydrogen-bond donors (Lipinski definition) is 1. The molecule has 5 nitrogen and oxygen atoms in total. The first kappa shape index (κ1) is 17.4. The zero-order valence-corrected chi connectivity index (χ0v) is 14.8. The maximum Gasteiger partial charge on any atom is 0.223 e. The Morgan fingerprint density at radius 1 is 1.08 bits per heavy atom. The Morgan fingerprint density at radius 2 is 1.75 bits per heavy atom. The zero-order valence-electron chi connectivity index (χ0n) is 14.0.